The van der Waals surface area contributed by atoms with Crippen molar-refractivity contribution in [3.8, 4) is 0 Å². The fraction of sp³-hybridized carbons (Fsp3) is 0.462. The number of hydrogen-bond donors (Lipinski definition) is 4. The first-order valence-corrected chi connectivity index (χ1v) is 14.5. The molecule has 0 radical (unpaired) electrons. The van der Waals surface area contributed by atoms with Crippen LogP contribution < -0.4 is 16.4 Å². The molecule has 0 spiro atoms. The van der Waals surface area contributed by atoms with E-state index in [0.29, 0.717) is 21.8 Å². The van der Waals surface area contributed by atoms with Crippen LogP contribution >= 0.6 is 11.3 Å². The van der Waals surface area contributed by atoms with Gasteiger partial charge < -0.3 is 20.9 Å². The smallest absolute Gasteiger partial charge is 0.407 e. The molecule has 0 saturated heterocycles. The molecule has 0 fully saturated rings. The maximum absolute atomic E-state index is 13.6. The van der Waals surface area contributed by atoms with Crippen molar-refractivity contribution >= 4 is 42.6 Å². The van der Waals surface area contributed by atoms with Gasteiger partial charge in [0.05, 0.1) is 27.3 Å². The normalized spacial score (nSPS) is 14.9. The van der Waals surface area contributed by atoms with Crippen LogP contribution in [0.15, 0.2) is 53.4 Å². The van der Waals surface area contributed by atoms with Crippen LogP contribution in [-0.4, -0.2) is 54.3 Å². The molecule has 11 heteroatoms. The summed E-state index contributed by atoms with van der Waals surface area (Å²) in [5.41, 5.74) is 6.62. The molecule has 0 aliphatic carbocycles. The summed E-state index contributed by atoms with van der Waals surface area (Å²) >= 11 is 1.22. The number of thiazole rings is 1. The molecule has 3 rings (SSSR count). The molecule has 0 saturated carbocycles. The zero-order chi connectivity index (χ0) is 27.4. The summed E-state index contributed by atoms with van der Waals surface area (Å²) in [5.74, 6) is -0.300. The molecular formula is C26H36N4O5S2. The number of alkyl carbamates (subject to hydrolysis) is 1. The predicted octanol–water partition coefficient (Wildman–Crippen LogP) is 3.72. The van der Waals surface area contributed by atoms with Crippen molar-refractivity contribution in [1.29, 1.82) is 0 Å². The van der Waals surface area contributed by atoms with Gasteiger partial charge in [0, 0.05) is 6.54 Å². The lowest BCUT2D eigenvalue weighted by atomic mass is 10.0. The molecule has 202 valence electrons. The SMILES string of the molecule is CC(C)C(NC[C@@H](O)[C@H](Cc1ccccc1)NC(=O)OC(C)(C)C)S(=O)(=O)c1ccc2nc(N)sc2c1. The van der Waals surface area contributed by atoms with E-state index in [1.54, 1.807) is 46.8 Å². The zero-order valence-electron chi connectivity index (χ0n) is 21.8. The van der Waals surface area contributed by atoms with Crippen molar-refractivity contribution in [3.63, 3.8) is 0 Å². The maximum atomic E-state index is 13.6. The van der Waals surface area contributed by atoms with E-state index in [1.165, 1.54) is 17.4 Å². The monoisotopic (exact) mass is 548 g/mol. The van der Waals surface area contributed by atoms with Crippen molar-refractivity contribution in [2.24, 2.45) is 5.92 Å². The number of aliphatic hydroxyl groups excluding tert-OH is 1. The summed E-state index contributed by atoms with van der Waals surface area (Å²) < 4.78 is 33.2. The quantitative estimate of drug-likeness (QED) is 0.300. The number of aromatic nitrogens is 1. The Morgan fingerprint density at radius 3 is 2.46 bits per heavy atom. The van der Waals surface area contributed by atoms with E-state index < -0.39 is 39.1 Å². The number of aliphatic hydroxyl groups is 1. The Hall–Kier alpha value is -2.73. The Morgan fingerprint density at radius 2 is 1.84 bits per heavy atom. The maximum Gasteiger partial charge on any atom is 0.407 e. The molecule has 0 aliphatic rings. The second-order valence-corrected chi connectivity index (χ2v) is 13.4. The highest BCUT2D eigenvalue weighted by molar-refractivity contribution is 7.92. The number of rotatable bonds is 10. The molecular weight excluding hydrogens is 512 g/mol. The minimum atomic E-state index is -3.81. The lowest BCUT2D eigenvalue weighted by molar-refractivity contribution is 0.0420. The van der Waals surface area contributed by atoms with Crippen LogP contribution in [0.3, 0.4) is 0 Å². The summed E-state index contributed by atoms with van der Waals surface area (Å²) in [6.45, 7) is 8.80. The Kier molecular flexibility index (Phi) is 9.17. The molecule has 1 aromatic heterocycles. The molecule has 3 aromatic rings. The third kappa shape index (κ3) is 7.88. The molecule has 0 aliphatic heterocycles. The van der Waals surface area contributed by atoms with Crippen LogP contribution in [0.5, 0.6) is 0 Å². The van der Waals surface area contributed by atoms with Crippen LogP contribution in [0.25, 0.3) is 10.2 Å². The van der Waals surface area contributed by atoms with Gasteiger partial charge >= 0.3 is 6.09 Å². The lowest BCUT2D eigenvalue weighted by Gasteiger charge is -2.29. The number of carbonyl (C=O) groups excluding carboxylic acids is 1. The number of anilines is 1. The summed E-state index contributed by atoms with van der Waals surface area (Å²) in [6.07, 6.45) is -1.41. The number of nitrogens with zero attached hydrogens (tertiary/aromatic N) is 1. The van der Waals surface area contributed by atoms with E-state index in [-0.39, 0.29) is 17.4 Å². The third-order valence-electron chi connectivity index (χ3n) is 5.64. The first kappa shape index (κ1) is 28.8. The number of amides is 1. The molecule has 0 bridgehead atoms. The van der Waals surface area contributed by atoms with Crippen LogP contribution in [0, 0.1) is 5.92 Å². The molecule has 5 N–H and O–H groups in total. The van der Waals surface area contributed by atoms with Gasteiger partial charge in [0.2, 0.25) is 0 Å². The first-order chi connectivity index (χ1) is 17.3. The van der Waals surface area contributed by atoms with Crippen molar-refractivity contribution in [2.45, 2.75) is 69.1 Å². The van der Waals surface area contributed by atoms with Crippen molar-refractivity contribution in [3.05, 3.63) is 54.1 Å². The molecule has 1 unspecified atom stereocenters. The number of fused-ring (bicyclic) bond motifs is 1. The van der Waals surface area contributed by atoms with Crippen molar-refractivity contribution < 1.29 is 23.1 Å². The summed E-state index contributed by atoms with van der Waals surface area (Å²) in [7, 11) is -3.81. The van der Waals surface area contributed by atoms with Gasteiger partial charge in [-0.2, -0.15) is 0 Å². The third-order valence-corrected chi connectivity index (χ3v) is 8.78. The summed E-state index contributed by atoms with van der Waals surface area (Å²) in [4.78, 5) is 16.8. The molecule has 9 nitrogen and oxygen atoms in total. The summed E-state index contributed by atoms with van der Waals surface area (Å²) in [5, 5.41) is 16.3. The molecule has 1 heterocycles. The molecule has 1 amide bonds. The van der Waals surface area contributed by atoms with Gasteiger partial charge in [-0.15, -0.1) is 0 Å². The first-order valence-electron chi connectivity index (χ1n) is 12.1. The fourth-order valence-corrected chi connectivity index (χ4v) is 6.65. The minimum absolute atomic E-state index is 0.0644. The topological polar surface area (TPSA) is 144 Å². The number of sulfone groups is 1. The highest BCUT2D eigenvalue weighted by Crippen LogP contribution is 2.28. The predicted molar refractivity (Wildman–Crippen MR) is 147 cm³/mol. The number of hydrogen-bond acceptors (Lipinski definition) is 9. The number of nitrogens with one attached hydrogen (secondary N) is 2. The van der Waals surface area contributed by atoms with E-state index in [2.05, 4.69) is 15.6 Å². The Labute approximate surface area is 222 Å². The van der Waals surface area contributed by atoms with Gasteiger partial charge in [0.15, 0.2) is 15.0 Å². The van der Waals surface area contributed by atoms with Gasteiger partial charge in [0.1, 0.15) is 11.0 Å². The number of ether oxygens (including phenoxy) is 1. The lowest BCUT2D eigenvalue weighted by Crippen LogP contribution is -2.52. The van der Waals surface area contributed by atoms with E-state index in [1.807, 2.05) is 30.3 Å². The van der Waals surface area contributed by atoms with E-state index >= 15 is 0 Å². The largest absolute Gasteiger partial charge is 0.444 e. The second kappa shape index (κ2) is 11.8. The fourth-order valence-electron chi connectivity index (χ4n) is 3.94. The molecule has 2 aromatic carbocycles. The van der Waals surface area contributed by atoms with Gasteiger partial charge in [-0.3, -0.25) is 5.32 Å². The van der Waals surface area contributed by atoms with Gasteiger partial charge in [0.25, 0.3) is 0 Å². The second-order valence-electron chi connectivity index (χ2n) is 10.3. The highest BCUT2D eigenvalue weighted by atomic mass is 32.2. The Balaban J connectivity index is 1.78. The van der Waals surface area contributed by atoms with Crippen LogP contribution in [0.2, 0.25) is 0 Å². The number of carbonyl (C=O) groups is 1. The number of benzene rings is 2. The van der Waals surface area contributed by atoms with Crippen LogP contribution in [0.4, 0.5) is 9.93 Å². The van der Waals surface area contributed by atoms with Crippen molar-refractivity contribution in [1.82, 2.24) is 15.6 Å². The van der Waals surface area contributed by atoms with E-state index in [9.17, 15) is 18.3 Å². The summed E-state index contributed by atoms with van der Waals surface area (Å²) in [6, 6.07) is 13.5. The Bertz CT molecular complexity index is 1300. The van der Waals surface area contributed by atoms with E-state index in [4.69, 9.17) is 10.5 Å². The van der Waals surface area contributed by atoms with Gasteiger partial charge in [-0.25, -0.2) is 18.2 Å². The average Bonchev–Trinajstić information content (AvgIpc) is 3.17. The van der Waals surface area contributed by atoms with Crippen molar-refractivity contribution in [2.75, 3.05) is 12.3 Å². The van der Waals surface area contributed by atoms with Gasteiger partial charge in [-0.05, 0) is 56.9 Å². The number of nitrogen functional groups attached to an aromatic ring is 1. The van der Waals surface area contributed by atoms with Crippen LogP contribution in [-0.2, 0) is 21.0 Å². The molecule has 3 atom stereocenters. The minimum Gasteiger partial charge on any atom is -0.444 e. The van der Waals surface area contributed by atoms with Gasteiger partial charge in [-0.1, -0.05) is 55.5 Å². The Morgan fingerprint density at radius 1 is 1.16 bits per heavy atom. The van der Waals surface area contributed by atoms with Crippen LogP contribution in [0.1, 0.15) is 40.2 Å². The highest BCUT2D eigenvalue weighted by Gasteiger charge is 2.32. The number of nitrogens with two attached hydrogens (primary N) is 1. The average molecular weight is 549 g/mol. The standard InChI is InChI=1S/C26H36N4O5S2/c1-16(2)23(37(33,34)18-11-12-19-22(14-18)36-24(27)29-19)28-15-21(31)20(13-17-9-7-6-8-10-17)30-25(32)35-26(3,4)5/h6-12,14,16,20-21,23,28,31H,13,15H2,1-5H3,(H2,27,29)(H,30,32)/t20-,21+,23?/m0/s1. The van der Waals surface area contributed by atoms with E-state index in [0.717, 1.165) is 5.56 Å². The molecule has 37 heavy (non-hydrogen) atoms. The zero-order valence-corrected chi connectivity index (χ0v) is 23.4.